The Morgan fingerprint density at radius 3 is 2.43 bits per heavy atom. The second kappa shape index (κ2) is 6.51. The van der Waals surface area contributed by atoms with Crippen molar-refractivity contribution < 1.29 is 17.6 Å². The molecule has 8 heteroatoms. The summed E-state index contributed by atoms with van der Waals surface area (Å²) in [6.07, 6.45) is 1.36. The van der Waals surface area contributed by atoms with Gasteiger partial charge in [0.15, 0.2) is 0 Å². The minimum atomic E-state index is -3.61. The number of amides is 1. The van der Waals surface area contributed by atoms with Crippen LogP contribution in [0.25, 0.3) is 0 Å². The minimum Gasteiger partial charge on any atom is -0.345 e. The number of aromatic nitrogens is 1. The van der Waals surface area contributed by atoms with E-state index in [-0.39, 0.29) is 22.4 Å². The van der Waals surface area contributed by atoms with Crippen molar-refractivity contribution in [2.45, 2.75) is 17.9 Å². The fourth-order valence-corrected chi connectivity index (χ4v) is 2.93. The number of halogens is 1. The molecule has 1 amide bonds. The Bertz CT molecular complexity index is 813. The summed E-state index contributed by atoms with van der Waals surface area (Å²) in [6.45, 7) is 1.76. The summed E-state index contributed by atoms with van der Waals surface area (Å²) in [5.41, 5.74) is 0.963. The molecular formula is C15H18FN3O3S. The lowest BCUT2D eigenvalue weighted by Gasteiger charge is -2.14. The van der Waals surface area contributed by atoms with Gasteiger partial charge in [-0.05, 0) is 37.7 Å². The Hall–Kier alpha value is -2.19. The van der Waals surface area contributed by atoms with Crippen LogP contribution < -0.4 is 10.0 Å². The molecule has 1 unspecified atom stereocenters. The average Bonchev–Trinajstić information content (AvgIpc) is 2.90. The van der Waals surface area contributed by atoms with E-state index < -0.39 is 15.9 Å². The van der Waals surface area contributed by atoms with Crippen LogP contribution in [-0.4, -0.2) is 25.9 Å². The summed E-state index contributed by atoms with van der Waals surface area (Å²) in [7, 11) is -0.718. The van der Waals surface area contributed by atoms with Gasteiger partial charge < -0.3 is 9.88 Å². The summed E-state index contributed by atoms with van der Waals surface area (Å²) in [5, 5.41) is 2.76. The molecule has 2 aromatic rings. The molecule has 1 aromatic carbocycles. The summed E-state index contributed by atoms with van der Waals surface area (Å²) in [4.78, 5) is 12.3. The highest BCUT2D eigenvalue weighted by Crippen LogP contribution is 2.16. The smallest absolute Gasteiger partial charge is 0.268 e. The Kier molecular flexibility index (Phi) is 4.86. The van der Waals surface area contributed by atoms with Crippen molar-refractivity contribution in [3.8, 4) is 0 Å². The molecule has 0 aliphatic carbocycles. The maximum atomic E-state index is 12.9. The van der Waals surface area contributed by atoms with Gasteiger partial charge in [0.25, 0.3) is 5.91 Å². The van der Waals surface area contributed by atoms with Crippen molar-refractivity contribution in [3.05, 3.63) is 53.6 Å². The first-order chi connectivity index (χ1) is 10.7. The standard InChI is InChI=1S/C15H18FN3O3S/c1-10(11-4-6-12(16)7-5-11)18-15(20)14-8-13(9-19(14)3)23(21,22)17-2/h4-10,17H,1-3H3,(H,18,20). The Labute approximate surface area is 134 Å². The van der Waals surface area contributed by atoms with E-state index in [9.17, 15) is 17.6 Å². The molecule has 2 rings (SSSR count). The minimum absolute atomic E-state index is 0.0158. The quantitative estimate of drug-likeness (QED) is 0.868. The number of nitrogens with one attached hydrogen (secondary N) is 2. The van der Waals surface area contributed by atoms with E-state index in [2.05, 4.69) is 10.0 Å². The van der Waals surface area contributed by atoms with Crippen LogP contribution in [0, 0.1) is 5.82 Å². The van der Waals surface area contributed by atoms with Crippen molar-refractivity contribution >= 4 is 15.9 Å². The molecule has 0 spiro atoms. The number of benzene rings is 1. The summed E-state index contributed by atoms with van der Waals surface area (Å²) >= 11 is 0. The van der Waals surface area contributed by atoms with Gasteiger partial charge in [0.05, 0.1) is 6.04 Å². The van der Waals surface area contributed by atoms with Crippen molar-refractivity contribution in [2.24, 2.45) is 7.05 Å². The van der Waals surface area contributed by atoms with Gasteiger partial charge in [0, 0.05) is 13.2 Å². The highest BCUT2D eigenvalue weighted by Gasteiger charge is 2.20. The number of carbonyl (C=O) groups excluding carboxylic acids is 1. The van der Waals surface area contributed by atoms with Crippen molar-refractivity contribution in [1.29, 1.82) is 0 Å². The van der Waals surface area contributed by atoms with E-state index in [1.54, 1.807) is 26.1 Å². The number of sulfonamides is 1. The molecule has 0 saturated heterocycles. The van der Waals surface area contributed by atoms with E-state index in [0.717, 1.165) is 5.56 Å². The van der Waals surface area contributed by atoms with Crippen LogP contribution in [0.3, 0.4) is 0 Å². The third-order valence-electron chi connectivity index (χ3n) is 3.51. The predicted octanol–water partition coefficient (Wildman–Crippen LogP) is 1.56. The number of aryl methyl sites for hydroxylation is 1. The lowest BCUT2D eigenvalue weighted by Crippen LogP contribution is -2.28. The lowest BCUT2D eigenvalue weighted by molar-refractivity contribution is 0.0931. The van der Waals surface area contributed by atoms with E-state index in [1.165, 1.54) is 36.0 Å². The first-order valence-electron chi connectivity index (χ1n) is 6.91. The molecule has 2 N–H and O–H groups in total. The molecule has 0 aliphatic rings. The Morgan fingerprint density at radius 2 is 1.87 bits per heavy atom. The first kappa shape index (κ1) is 17.2. The molecule has 0 radical (unpaired) electrons. The molecule has 0 fully saturated rings. The molecule has 124 valence electrons. The lowest BCUT2D eigenvalue weighted by atomic mass is 10.1. The van der Waals surface area contributed by atoms with Crippen molar-refractivity contribution in [3.63, 3.8) is 0 Å². The van der Waals surface area contributed by atoms with Gasteiger partial charge >= 0.3 is 0 Å². The maximum absolute atomic E-state index is 12.9. The van der Waals surface area contributed by atoms with Crippen LogP contribution in [0.2, 0.25) is 0 Å². The molecule has 6 nitrogen and oxygen atoms in total. The van der Waals surface area contributed by atoms with E-state index >= 15 is 0 Å². The van der Waals surface area contributed by atoms with Gasteiger partial charge in [-0.2, -0.15) is 0 Å². The molecule has 23 heavy (non-hydrogen) atoms. The Morgan fingerprint density at radius 1 is 1.26 bits per heavy atom. The van der Waals surface area contributed by atoms with Crippen LogP contribution in [0.1, 0.15) is 29.0 Å². The van der Waals surface area contributed by atoms with Gasteiger partial charge in [-0.1, -0.05) is 12.1 Å². The zero-order valence-electron chi connectivity index (χ0n) is 13.0. The van der Waals surface area contributed by atoms with E-state index in [1.807, 2.05) is 0 Å². The highest BCUT2D eigenvalue weighted by molar-refractivity contribution is 7.89. The number of hydrogen-bond acceptors (Lipinski definition) is 3. The summed E-state index contributed by atoms with van der Waals surface area (Å²) in [5.74, 6) is -0.765. The van der Waals surface area contributed by atoms with Gasteiger partial charge in [0.2, 0.25) is 10.0 Å². The predicted molar refractivity (Wildman–Crippen MR) is 83.9 cm³/mol. The van der Waals surface area contributed by atoms with Crippen LogP contribution in [-0.2, 0) is 17.1 Å². The second-order valence-electron chi connectivity index (χ2n) is 5.13. The Balaban J connectivity index is 2.19. The monoisotopic (exact) mass is 339 g/mol. The molecule has 0 saturated carbocycles. The first-order valence-corrected chi connectivity index (χ1v) is 8.39. The summed E-state index contributed by atoms with van der Waals surface area (Å²) < 4.78 is 40.1. The van der Waals surface area contributed by atoms with E-state index in [4.69, 9.17) is 0 Å². The van der Waals surface area contributed by atoms with Crippen molar-refractivity contribution in [1.82, 2.24) is 14.6 Å². The fourth-order valence-electron chi connectivity index (χ4n) is 2.13. The number of carbonyl (C=O) groups is 1. The number of rotatable bonds is 5. The topological polar surface area (TPSA) is 80.2 Å². The number of nitrogens with zero attached hydrogens (tertiary/aromatic N) is 1. The normalized spacial score (nSPS) is 12.9. The fraction of sp³-hybridized carbons (Fsp3) is 0.267. The highest BCUT2D eigenvalue weighted by atomic mass is 32.2. The second-order valence-corrected chi connectivity index (χ2v) is 7.01. The SMILES string of the molecule is CNS(=O)(=O)c1cc(C(=O)NC(C)c2ccc(F)cc2)n(C)c1. The van der Waals surface area contributed by atoms with Gasteiger partial charge in [-0.25, -0.2) is 17.5 Å². The number of hydrogen-bond donors (Lipinski definition) is 2. The molecule has 0 aliphatic heterocycles. The van der Waals surface area contributed by atoms with Crippen molar-refractivity contribution in [2.75, 3.05) is 7.05 Å². The average molecular weight is 339 g/mol. The third-order valence-corrected chi connectivity index (χ3v) is 4.89. The molecule has 1 aromatic heterocycles. The van der Waals surface area contributed by atoms with Crippen LogP contribution in [0.15, 0.2) is 41.4 Å². The maximum Gasteiger partial charge on any atom is 0.268 e. The van der Waals surface area contributed by atoms with Crippen LogP contribution in [0.4, 0.5) is 4.39 Å². The van der Waals surface area contributed by atoms with E-state index in [0.29, 0.717) is 0 Å². The van der Waals surface area contributed by atoms with Gasteiger partial charge in [-0.3, -0.25) is 4.79 Å². The molecule has 1 heterocycles. The van der Waals surface area contributed by atoms with Gasteiger partial charge in [-0.15, -0.1) is 0 Å². The molecular weight excluding hydrogens is 321 g/mol. The third kappa shape index (κ3) is 3.77. The molecule has 0 bridgehead atoms. The zero-order valence-corrected chi connectivity index (χ0v) is 13.8. The largest absolute Gasteiger partial charge is 0.345 e. The van der Waals surface area contributed by atoms with Crippen LogP contribution >= 0.6 is 0 Å². The molecule has 1 atom stereocenters. The van der Waals surface area contributed by atoms with Gasteiger partial charge in [0.1, 0.15) is 16.4 Å². The van der Waals surface area contributed by atoms with Crippen LogP contribution in [0.5, 0.6) is 0 Å². The summed E-state index contributed by atoms with van der Waals surface area (Å²) in [6, 6.07) is 6.77. The zero-order chi connectivity index (χ0) is 17.2.